The summed E-state index contributed by atoms with van der Waals surface area (Å²) in [5.41, 5.74) is 0. The van der Waals surface area contributed by atoms with E-state index in [4.69, 9.17) is 0 Å². The second-order valence-electron chi connectivity index (χ2n) is 14.0. The van der Waals surface area contributed by atoms with Crippen molar-refractivity contribution in [2.75, 3.05) is 0 Å². The Kier molecular flexibility index (Phi) is 54.5. The zero-order chi connectivity index (χ0) is 35.3. The standard InChI is InChI=1S/C18H37.2C12H24O2.Sn/c1-3-5-7-9-11-13-15-17-18-16-14-12-10-8-6-4-2;2*1-2-3-4-5-6-7-8-9-10-11-12(13)14;/h1,3-18H2,2H3;2*2-11H2,1H3,(H,13,14);/q;;;+2/p-2. The van der Waals surface area contributed by atoms with Gasteiger partial charge in [-0.15, -0.1) is 0 Å². The first kappa shape index (κ1) is 51.1. The van der Waals surface area contributed by atoms with Gasteiger partial charge in [0.25, 0.3) is 0 Å². The van der Waals surface area contributed by atoms with Gasteiger partial charge in [-0.25, -0.2) is 0 Å². The van der Waals surface area contributed by atoms with Gasteiger partial charge in [0.15, 0.2) is 0 Å². The molecule has 0 saturated carbocycles. The van der Waals surface area contributed by atoms with Crippen molar-refractivity contribution < 1.29 is 19.8 Å². The third kappa shape index (κ3) is 61.4. The maximum absolute atomic E-state index is 10.1. The van der Waals surface area contributed by atoms with Crippen molar-refractivity contribution in [1.29, 1.82) is 0 Å². The van der Waals surface area contributed by atoms with Crippen LogP contribution in [-0.4, -0.2) is 34.5 Å². The van der Waals surface area contributed by atoms with Crippen LogP contribution in [0.3, 0.4) is 0 Å². The van der Waals surface area contributed by atoms with Crippen LogP contribution in [0.4, 0.5) is 0 Å². The van der Waals surface area contributed by atoms with Gasteiger partial charge in [-0.2, -0.15) is 0 Å². The second-order valence-corrected chi connectivity index (χ2v) is 15.4. The quantitative estimate of drug-likeness (QED) is 0.0469. The van der Waals surface area contributed by atoms with E-state index in [2.05, 4.69) is 20.8 Å². The predicted molar refractivity (Wildman–Crippen MR) is 204 cm³/mol. The van der Waals surface area contributed by atoms with Crippen LogP contribution in [0.5, 0.6) is 0 Å². The van der Waals surface area contributed by atoms with Crippen LogP contribution in [-0.2, 0) is 9.59 Å². The molecule has 0 aromatic heterocycles. The summed E-state index contributed by atoms with van der Waals surface area (Å²) in [6.07, 6.45) is 46.0. The Morgan fingerprint density at radius 2 is 0.489 bits per heavy atom. The number of carboxylic acid groups (broad SMARTS) is 2. The summed E-state index contributed by atoms with van der Waals surface area (Å²) < 4.78 is 1.46. The maximum atomic E-state index is 10.1. The topological polar surface area (TPSA) is 80.3 Å². The van der Waals surface area contributed by atoms with E-state index in [0.29, 0.717) is 0 Å². The van der Waals surface area contributed by atoms with E-state index in [-0.39, 0.29) is 12.8 Å². The van der Waals surface area contributed by atoms with E-state index in [1.807, 2.05) is 0 Å². The number of rotatable bonds is 36. The molecule has 1 radical (unpaired) electrons. The van der Waals surface area contributed by atoms with Crippen molar-refractivity contribution in [1.82, 2.24) is 0 Å². The first-order valence-electron chi connectivity index (χ1n) is 21.0. The van der Waals surface area contributed by atoms with Crippen molar-refractivity contribution in [2.45, 2.75) is 256 Å². The molecular formula is C42H83O4Sn. The van der Waals surface area contributed by atoms with Crippen LogP contribution in [0, 0.1) is 0 Å². The molecule has 0 aliphatic rings. The zero-order valence-electron chi connectivity index (χ0n) is 32.3. The summed E-state index contributed by atoms with van der Waals surface area (Å²) >= 11 is 1.72. The molecule has 0 aliphatic carbocycles. The Bertz CT molecular complexity index is 521. The molecule has 0 amide bonds. The molecule has 0 aliphatic heterocycles. The molecule has 0 unspecified atom stereocenters. The third-order valence-corrected chi connectivity index (χ3v) is 10.0. The monoisotopic (exact) mass is 772 g/mol. The van der Waals surface area contributed by atoms with Crippen LogP contribution >= 0.6 is 0 Å². The van der Waals surface area contributed by atoms with Gasteiger partial charge in [-0.05, 0) is 25.7 Å². The number of carbonyl (C=O) groups excluding carboxylic acids is 2. The molecule has 279 valence electrons. The first-order chi connectivity index (χ1) is 23.0. The molecule has 0 aromatic carbocycles. The minimum atomic E-state index is -0.909. The summed E-state index contributed by atoms with van der Waals surface area (Å²) in [6.45, 7) is 6.74. The van der Waals surface area contributed by atoms with E-state index >= 15 is 0 Å². The molecule has 5 heteroatoms. The van der Waals surface area contributed by atoms with E-state index in [0.717, 1.165) is 25.7 Å². The van der Waals surface area contributed by atoms with Crippen LogP contribution in [0.15, 0.2) is 0 Å². The molecule has 0 atom stereocenters. The van der Waals surface area contributed by atoms with Gasteiger partial charge in [0, 0.05) is 11.9 Å². The van der Waals surface area contributed by atoms with Crippen LogP contribution < -0.4 is 10.2 Å². The molecule has 0 saturated heterocycles. The number of carboxylic acids is 2. The van der Waals surface area contributed by atoms with E-state index in [1.54, 1.807) is 22.5 Å². The Morgan fingerprint density at radius 3 is 0.660 bits per heavy atom. The van der Waals surface area contributed by atoms with Gasteiger partial charge in [0.05, 0.1) is 0 Å². The van der Waals surface area contributed by atoms with Gasteiger partial charge in [0.1, 0.15) is 0 Å². The fourth-order valence-electron chi connectivity index (χ4n) is 5.83. The molecule has 0 aromatic rings. The average Bonchev–Trinajstić information content (AvgIpc) is 3.05. The number of hydrogen-bond acceptors (Lipinski definition) is 4. The van der Waals surface area contributed by atoms with E-state index < -0.39 is 11.9 Å². The van der Waals surface area contributed by atoms with Gasteiger partial charge in [-0.3, -0.25) is 0 Å². The normalized spacial score (nSPS) is 10.6. The molecular weight excluding hydrogens is 687 g/mol. The molecule has 0 rings (SSSR count). The van der Waals surface area contributed by atoms with Crippen molar-refractivity contribution in [3.05, 3.63) is 0 Å². The third-order valence-electron chi connectivity index (χ3n) is 9.00. The molecule has 47 heavy (non-hydrogen) atoms. The Balaban J connectivity index is -0.000000630. The van der Waals surface area contributed by atoms with Crippen LogP contribution in [0.2, 0.25) is 4.44 Å². The molecule has 0 N–H and O–H groups in total. The summed E-state index contributed by atoms with van der Waals surface area (Å²) in [7, 11) is 0. The average molecular weight is 771 g/mol. The van der Waals surface area contributed by atoms with Crippen LogP contribution in [0.25, 0.3) is 0 Å². The van der Waals surface area contributed by atoms with Gasteiger partial charge in [0.2, 0.25) is 0 Å². The van der Waals surface area contributed by atoms with Gasteiger partial charge >= 0.3 is 97.6 Å². The summed E-state index contributed by atoms with van der Waals surface area (Å²) in [5.74, 6) is -1.82. The van der Waals surface area contributed by atoms with Crippen molar-refractivity contribution in [2.24, 2.45) is 0 Å². The number of unbranched alkanes of at least 4 members (excludes halogenated alkanes) is 31. The van der Waals surface area contributed by atoms with Gasteiger partial charge in [-0.1, -0.05) is 156 Å². The Hall–Kier alpha value is -0.261. The number of aliphatic carboxylic acids is 2. The first-order valence-corrected chi connectivity index (χ1v) is 23.0. The van der Waals surface area contributed by atoms with Crippen molar-refractivity contribution in [3.63, 3.8) is 0 Å². The summed E-state index contributed by atoms with van der Waals surface area (Å²) in [4.78, 5) is 20.2. The van der Waals surface area contributed by atoms with Gasteiger partial charge < -0.3 is 19.8 Å². The molecule has 0 spiro atoms. The van der Waals surface area contributed by atoms with E-state index in [9.17, 15) is 19.8 Å². The van der Waals surface area contributed by atoms with Crippen molar-refractivity contribution >= 4 is 34.5 Å². The predicted octanol–water partition coefficient (Wildman–Crippen LogP) is 12.1. The molecule has 0 fully saturated rings. The summed E-state index contributed by atoms with van der Waals surface area (Å²) in [6, 6.07) is 0. The molecule has 0 bridgehead atoms. The number of carbonyl (C=O) groups is 2. The Morgan fingerprint density at radius 1 is 0.319 bits per heavy atom. The minimum absolute atomic E-state index is 0.232. The van der Waals surface area contributed by atoms with Crippen LogP contribution in [0.1, 0.15) is 252 Å². The molecule has 4 nitrogen and oxygen atoms in total. The van der Waals surface area contributed by atoms with Crippen molar-refractivity contribution in [3.8, 4) is 0 Å². The SMILES string of the molecule is CCCCCCCCCCCC(=O)[O-].CCCCCCCCCCCC(=O)[O-].CCCCCCCCCCCCCCCCC[CH2][Sn+2]. The Labute approximate surface area is 309 Å². The van der Waals surface area contributed by atoms with E-state index in [1.165, 1.54) is 197 Å². The molecule has 0 heterocycles. The fourth-order valence-corrected chi connectivity index (χ4v) is 6.55. The summed E-state index contributed by atoms with van der Waals surface area (Å²) in [5, 5.41) is 20.2. The number of hydrogen-bond donors (Lipinski definition) is 0. The zero-order valence-corrected chi connectivity index (χ0v) is 35.2. The fraction of sp³-hybridized carbons (Fsp3) is 0.952. The second kappa shape index (κ2) is 50.1.